The van der Waals surface area contributed by atoms with Crippen LogP contribution in [-0.2, 0) is 14.3 Å². The molecule has 20 heavy (non-hydrogen) atoms. The Morgan fingerprint density at radius 3 is 2.85 bits per heavy atom. The van der Waals surface area contributed by atoms with E-state index in [-0.39, 0.29) is 11.7 Å². The molecule has 0 aromatic rings. The van der Waals surface area contributed by atoms with E-state index < -0.39 is 35.8 Å². The van der Waals surface area contributed by atoms with E-state index in [0.717, 1.165) is 5.57 Å². The van der Waals surface area contributed by atoms with Crippen LogP contribution < -0.4 is 0 Å². The highest BCUT2D eigenvalue weighted by atomic mass is 16.6. The quantitative estimate of drug-likeness (QED) is 0.295. The molecule has 5 nitrogen and oxygen atoms in total. The summed E-state index contributed by atoms with van der Waals surface area (Å²) in [5, 5.41) is 20.6. The molecule has 2 saturated heterocycles. The predicted octanol–water partition coefficient (Wildman–Crippen LogP) is 0.704. The van der Waals surface area contributed by atoms with Gasteiger partial charge >= 0.3 is 5.97 Å². The minimum absolute atomic E-state index is 0.277. The van der Waals surface area contributed by atoms with Crippen LogP contribution in [-0.4, -0.2) is 46.2 Å². The van der Waals surface area contributed by atoms with Crippen molar-refractivity contribution < 1.29 is 24.5 Å². The van der Waals surface area contributed by atoms with E-state index in [9.17, 15) is 15.0 Å². The average Bonchev–Trinajstić information content (AvgIpc) is 2.99. The van der Waals surface area contributed by atoms with Gasteiger partial charge in [0.2, 0.25) is 0 Å². The Bertz CT molecular complexity index is 496. The molecular formula is C15H20O5. The summed E-state index contributed by atoms with van der Waals surface area (Å²) < 4.78 is 10.9. The molecule has 6 atom stereocenters. The number of aliphatic hydroxyl groups excluding tert-OH is 2. The van der Waals surface area contributed by atoms with Crippen molar-refractivity contribution in [2.75, 3.05) is 0 Å². The monoisotopic (exact) mass is 280 g/mol. The van der Waals surface area contributed by atoms with E-state index in [1.54, 1.807) is 13.0 Å². The standard InChI is InChI=1S/C15H20O5/c1-7-6-10-11(8(2)14(18)19-10)12(17)13-15(3,20-13)5-4-9(7)16/h6,9-13,16-17H,2,4-5H2,1,3H3/t9-,10-,11+,12+,13+,15+/m0/s1. The Kier molecular flexibility index (Phi) is 3.04. The molecule has 0 amide bonds. The summed E-state index contributed by atoms with van der Waals surface area (Å²) in [4.78, 5) is 11.7. The summed E-state index contributed by atoms with van der Waals surface area (Å²) in [6, 6.07) is 0. The molecule has 2 heterocycles. The lowest BCUT2D eigenvalue weighted by Gasteiger charge is -2.24. The fourth-order valence-electron chi connectivity index (χ4n) is 3.24. The van der Waals surface area contributed by atoms with Crippen molar-refractivity contribution in [3.63, 3.8) is 0 Å². The number of epoxide rings is 1. The molecule has 5 heteroatoms. The smallest absolute Gasteiger partial charge is 0.334 e. The van der Waals surface area contributed by atoms with Crippen LogP contribution in [0.3, 0.4) is 0 Å². The molecule has 0 aromatic carbocycles. The summed E-state index contributed by atoms with van der Waals surface area (Å²) in [6.07, 6.45) is 0.642. The highest BCUT2D eigenvalue weighted by Gasteiger charge is 2.60. The number of aliphatic hydroxyl groups is 2. The number of fused-ring (bicyclic) bond motifs is 2. The van der Waals surface area contributed by atoms with Crippen molar-refractivity contribution in [3.8, 4) is 0 Å². The van der Waals surface area contributed by atoms with E-state index in [4.69, 9.17) is 9.47 Å². The normalized spacial score (nSPS) is 48.0. The van der Waals surface area contributed by atoms with Gasteiger partial charge in [-0.3, -0.25) is 0 Å². The number of hydrogen-bond acceptors (Lipinski definition) is 5. The van der Waals surface area contributed by atoms with Crippen LogP contribution in [0.15, 0.2) is 23.8 Å². The number of carbonyl (C=O) groups is 1. The zero-order chi connectivity index (χ0) is 14.7. The number of rotatable bonds is 0. The minimum atomic E-state index is -0.816. The SMILES string of the molecule is C=C1C(=O)O[C@H]2C=C(C)[C@@H](O)CC[C@@]3(C)O[C@@H]3[C@H](O)[C@H]12. The Balaban J connectivity index is 1.97. The number of ether oxygens (including phenoxy) is 2. The van der Waals surface area contributed by atoms with Crippen LogP contribution >= 0.6 is 0 Å². The van der Waals surface area contributed by atoms with Crippen LogP contribution in [0.4, 0.5) is 0 Å². The summed E-state index contributed by atoms with van der Waals surface area (Å²) in [6.45, 7) is 7.46. The number of carbonyl (C=O) groups excluding carboxylic acids is 1. The lowest BCUT2D eigenvalue weighted by Crippen LogP contribution is -2.36. The molecule has 3 aliphatic rings. The Morgan fingerprint density at radius 2 is 2.15 bits per heavy atom. The van der Waals surface area contributed by atoms with Gasteiger partial charge in [-0.1, -0.05) is 6.58 Å². The second kappa shape index (κ2) is 4.41. The Labute approximate surface area is 117 Å². The van der Waals surface area contributed by atoms with Gasteiger partial charge in [0.15, 0.2) is 0 Å². The van der Waals surface area contributed by atoms with E-state index in [1.807, 2.05) is 6.92 Å². The third kappa shape index (κ3) is 2.01. The fourth-order valence-corrected chi connectivity index (χ4v) is 3.24. The molecule has 0 unspecified atom stereocenters. The summed E-state index contributed by atoms with van der Waals surface area (Å²) >= 11 is 0. The third-order valence-corrected chi connectivity index (χ3v) is 4.75. The molecule has 110 valence electrons. The van der Waals surface area contributed by atoms with Gasteiger partial charge in [0.1, 0.15) is 12.2 Å². The second-order valence-electron chi connectivity index (χ2n) is 6.23. The number of hydrogen-bond donors (Lipinski definition) is 2. The molecule has 0 radical (unpaired) electrons. The van der Waals surface area contributed by atoms with Crippen molar-refractivity contribution in [1.29, 1.82) is 0 Å². The van der Waals surface area contributed by atoms with Gasteiger partial charge in [0.05, 0.1) is 23.7 Å². The van der Waals surface area contributed by atoms with Crippen molar-refractivity contribution in [1.82, 2.24) is 0 Å². The molecule has 2 fully saturated rings. The zero-order valence-electron chi connectivity index (χ0n) is 11.7. The van der Waals surface area contributed by atoms with Gasteiger partial charge in [-0.15, -0.1) is 0 Å². The highest BCUT2D eigenvalue weighted by molar-refractivity contribution is 5.91. The van der Waals surface area contributed by atoms with Crippen molar-refractivity contribution in [2.45, 2.75) is 56.7 Å². The van der Waals surface area contributed by atoms with E-state index in [2.05, 4.69) is 6.58 Å². The van der Waals surface area contributed by atoms with E-state index in [1.165, 1.54) is 0 Å². The molecule has 0 spiro atoms. The predicted molar refractivity (Wildman–Crippen MR) is 70.8 cm³/mol. The third-order valence-electron chi connectivity index (χ3n) is 4.75. The van der Waals surface area contributed by atoms with Crippen molar-refractivity contribution in [3.05, 3.63) is 23.8 Å². The first-order valence-electron chi connectivity index (χ1n) is 6.95. The van der Waals surface area contributed by atoms with Gasteiger partial charge in [-0.25, -0.2) is 4.79 Å². The van der Waals surface area contributed by atoms with E-state index >= 15 is 0 Å². The van der Waals surface area contributed by atoms with Gasteiger partial charge in [-0.05, 0) is 38.3 Å². The molecular weight excluding hydrogens is 260 g/mol. The van der Waals surface area contributed by atoms with Crippen LogP contribution in [0, 0.1) is 5.92 Å². The molecule has 3 rings (SSSR count). The minimum Gasteiger partial charge on any atom is -0.454 e. The first-order valence-corrected chi connectivity index (χ1v) is 6.95. The topological polar surface area (TPSA) is 79.3 Å². The lowest BCUT2D eigenvalue weighted by molar-refractivity contribution is -0.137. The molecule has 2 aliphatic heterocycles. The van der Waals surface area contributed by atoms with E-state index in [0.29, 0.717) is 12.8 Å². The zero-order valence-corrected chi connectivity index (χ0v) is 11.7. The van der Waals surface area contributed by atoms with Crippen LogP contribution in [0.1, 0.15) is 26.7 Å². The Hall–Kier alpha value is -1.17. The van der Waals surface area contributed by atoms with Crippen molar-refractivity contribution in [2.24, 2.45) is 5.92 Å². The largest absolute Gasteiger partial charge is 0.454 e. The van der Waals surface area contributed by atoms with Crippen molar-refractivity contribution >= 4 is 5.97 Å². The van der Waals surface area contributed by atoms with Crippen LogP contribution in [0.5, 0.6) is 0 Å². The van der Waals surface area contributed by atoms with Gasteiger partial charge < -0.3 is 19.7 Å². The first-order chi connectivity index (χ1) is 9.33. The van der Waals surface area contributed by atoms with Gasteiger partial charge in [0, 0.05) is 5.57 Å². The molecule has 0 bridgehead atoms. The summed E-state index contributed by atoms with van der Waals surface area (Å²) in [5.74, 6) is -0.992. The number of esters is 1. The highest BCUT2D eigenvalue weighted by Crippen LogP contribution is 2.48. The molecule has 2 N–H and O–H groups in total. The molecule has 1 aliphatic carbocycles. The summed E-state index contributed by atoms with van der Waals surface area (Å²) in [5.41, 5.74) is 0.589. The lowest BCUT2D eigenvalue weighted by atomic mass is 9.82. The van der Waals surface area contributed by atoms with Gasteiger partial charge in [-0.2, -0.15) is 0 Å². The molecule has 0 aromatic heterocycles. The summed E-state index contributed by atoms with van der Waals surface area (Å²) in [7, 11) is 0. The maximum absolute atomic E-state index is 11.7. The average molecular weight is 280 g/mol. The first kappa shape index (κ1) is 13.8. The van der Waals surface area contributed by atoms with Gasteiger partial charge in [0.25, 0.3) is 0 Å². The Morgan fingerprint density at radius 1 is 1.45 bits per heavy atom. The second-order valence-corrected chi connectivity index (χ2v) is 6.23. The van der Waals surface area contributed by atoms with Crippen LogP contribution in [0.25, 0.3) is 0 Å². The maximum Gasteiger partial charge on any atom is 0.334 e. The maximum atomic E-state index is 11.7. The molecule has 0 saturated carbocycles. The fraction of sp³-hybridized carbons (Fsp3) is 0.667. The van der Waals surface area contributed by atoms with Crippen LogP contribution in [0.2, 0.25) is 0 Å².